The van der Waals surface area contributed by atoms with Gasteiger partial charge in [-0.05, 0) is 73.5 Å². The highest BCUT2D eigenvalue weighted by Crippen LogP contribution is 2.46. The van der Waals surface area contributed by atoms with E-state index in [2.05, 4.69) is 174 Å². The lowest BCUT2D eigenvalue weighted by Gasteiger charge is -2.13. The van der Waals surface area contributed by atoms with Crippen LogP contribution in [0.25, 0.3) is 105 Å². The molecule has 0 radical (unpaired) electrons. The molecule has 0 atom stereocenters. The van der Waals surface area contributed by atoms with E-state index in [1.54, 1.807) is 0 Å². The summed E-state index contributed by atoms with van der Waals surface area (Å²) < 4.78 is 2.28. The Hall–Kier alpha value is -7.17. The SMILES string of the molecule is c1ccc(-c2cccc(-c3nc(-c4cccc(-c5ccccc5)c4)nc(-n4c5cccc6c7ccccc7c7cc8ccccc8c4c7c65)n3)c2)cc1. The average molecular weight is 675 g/mol. The molecule has 4 heteroatoms. The summed E-state index contributed by atoms with van der Waals surface area (Å²) in [5, 5.41) is 9.74. The van der Waals surface area contributed by atoms with Crippen molar-refractivity contribution in [2.75, 3.05) is 0 Å². The monoisotopic (exact) mass is 674 g/mol. The molecule has 2 heterocycles. The smallest absolute Gasteiger partial charge is 0.238 e. The topological polar surface area (TPSA) is 43.6 Å². The van der Waals surface area contributed by atoms with Gasteiger partial charge in [-0.15, -0.1) is 0 Å². The van der Waals surface area contributed by atoms with Gasteiger partial charge in [0.2, 0.25) is 5.95 Å². The average Bonchev–Trinajstić information content (AvgIpc) is 3.60. The molecule has 11 rings (SSSR count). The molecule has 0 amide bonds. The van der Waals surface area contributed by atoms with Crippen LogP contribution in [0.5, 0.6) is 0 Å². The van der Waals surface area contributed by atoms with E-state index in [9.17, 15) is 0 Å². The molecule has 0 unspecified atom stereocenters. The third-order valence-electron chi connectivity index (χ3n) is 10.6. The van der Waals surface area contributed by atoms with Crippen LogP contribution in [0.15, 0.2) is 182 Å². The summed E-state index contributed by atoms with van der Waals surface area (Å²) in [6.07, 6.45) is 0. The van der Waals surface area contributed by atoms with Crippen molar-refractivity contribution in [3.8, 4) is 51.0 Å². The number of nitrogens with zero attached hydrogens (tertiary/aromatic N) is 4. The first kappa shape index (κ1) is 29.5. The molecule has 0 aliphatic rings. The van der Waals surface area contributed by atoms with Crippen LogP contribution < -0.4 is 0 Å². The van der Waals surface area contributed by atoms with Gasteiger partial charge in [0.05, 0.1) is 11.0 Å². The molecule has 0 aliphatic heterocycles. The van der Waals surface area contributed by atoms with Gasteiger partial charge in [-0.2, -0.15) is 9.97 Å². The molecule has 0 N–H and O–H groups in total. The molecular weight excluding hydrogens is 645 g/mol. The van der Waals surface area contributed by atoms with E-state index < -0.39 is 0 Å². The number of hydrogen-bond acceptors (Lipinski definition) is 3. The fourth-order valence-corrected chi connectivity index (χ4v) is 8.18. The van der Waals surface area contributed by atoms with E-state index >= 15 is 0 Å². The van der Waals surface area contributed by atoms with E-state index in [1.165, 1.54) is 37.7 Å². The van der Waals surface area contributed by atoms with Crippen LogP contribution in [-0.4, -0.2) is 19.5 Å². The molecule has 0 aliphatic carbocycles. The molecule has 246 valence electrons. The van der Waals surface area contributed by atoms with Gasteiger partial charge < -0.3 is 0 Å². The molecule has 0 fully saturated rings. The van der Waals surface area contributed by atoms with Crippen LogP contribution in [0.1, 0.15) is 0 Å². The number of aromatic nitrogens is 4. The first-order valence-electron chi connectivity index (χ1n) is 18.0. The predicted octanol–water partition coefficient (Wildman–Crippen LogP) is 12.5. The molecule has 9 aromatic carbocycles. The van der Waals surface area contributed by atoms with Crippen molar-refractivity contribution in [3.63, 3.8) is 0 Å². The van der Waals surface area contributed by atoms with Gasteiger partial charge in [-0.3, -0.25) is 4.57 Å². The standard InChI is InChI=1S/C49H30N4/c1-3-14-31(15-4-1)33-19-11-21-36(28-33)47-50-48(37-22-12-20-34(29-37)32-16-5-2-6-17-32)52-49(51-47)53-43-27-13-26-41-39-24-9-10-25-40(39)42-30-35-18-7-8-23-38(35)46(53)45(42)44(41)43/h1-30H. The largest absolute Gasteiger partial charge is 0.277 e. The Balaban J connectivity index is 1.25. The summed E-state index contributed by atoms with van der Waals surface area (Å²) in [4.78, 5) is 15.9. The minimum absolute atomic E-state index is 0.589. The second-order valence-corrected chi connectivity index (χ2v) is 13.6. The van der Waals surface area contributed by atoms with Gasteiger partial charge in [-0.25, -0.2) is 4.98 Å². The van der Waals surface area contributed by atoms with Crippen molar-refractivity contribution < 1.29 is 0 Å². The van der Waals surface area contributed by atoms with Gasteiger partial charge in [0.1, 0.15) is 0 Å². The lowest BCUT2D eigenvalue weighted by molar-refractivity contribution is 0.955. The molecule has 4 nitrogen and oxygen atoms in total. The van der Waals surface area contributed by atoms with Gasteiger partial charge in [0.15, 0.2) is 11.6 Å². The Labute approximate surface area is 305 Å². The van der Waals surface area contributed by atoms with Crippen LogP contribution in [0.2, 0.25) is 0 Å². The minimum Gasteiger partial charge on any atom is -0.277 e. The first-order valence-corrected chi connectivity index (χ1v) is 18.0. The van der Waals surface area contributed by atoms with Crippen LogP contribution >= 0.6 is 0 Å². The third-order valence-corrected chi connectivity index (χ3v) is 10.6. The summed E-state index contributed by atoms with van der Waals surface area (Å²) in [5.41, 5.74) is 8.55. The number of hydrogen-bond donors (Lipinski definition) is 0. The zero-order chi connectivity index (χ0) is 34.9. The number of benzene rings is 9. The molecule has 2 aromatic heterocycles. The van der Waals surface area contributed by atoms with E-state index in [0.717, 1.165) is 49.8 Å². The highest BCUT2D eigenvalue weighted by molar-refractivity contribution is 6.37. The van der Waals surface area contributed by atoms with Crippen molar-refractivity contribution in [1.29, 1.82) is 0 Å². The minimum atomic E-state index is 0.589. The highest BCUT2D eigenvalue weighted by atomic mass is 15.2. The molecule has 0 spiro atoms. The first-order chi connectivity index (χ1) is 26.3. The maximum atomic E-state index is 5.36. The third kappa shape index (κ3) is 4.66. The van der Waals surface area contributed by atoms with Crippen molar-refractivity contribution in [2.24, 2.45) is 0 Å². The Morgan fingerprint density at radius 3 is 1.45 bits per heavy atom. The second kappa shape index (κ2) is 11.7. The lowest BCUT2D eigenvalue weighted by atomic mass is 9.92. The summed E-state index contributed by atoms with van der Waals surface area (Å²) in [5.74, 6) is 1.83. The van der Waals surface area contributed by atoms with Crippen LogP contribution in [-0.2, 0) is 0 Å². The van der Waals surface area contributed by atoms with Crippen LogP contribution in [0, 0.1) is 0 Å². The normalized spacial score (nSPS) is 11.8. The fourth-order valence-electron chi connectivity index (χ4n) is 8.18. The second-order valence-electron chi connectivity index (χ2n) is 13.6. The molecule has 0 saturated carbocycles. The zero-order valence-electron chi connectivity index (χ0n) is 28.6. The van der Waals surface area contributed by atoms with Gasteiger partial charge in [0.25, 0.3) is 0 Å². The van der Waals surface area contributed by atoms with E-state index in [1.807, 2.05) is 12.1 Å². The lowest BCUT2D eigenvalue weighted by Crippen LogP contribution is -2.06. The molecule has 53 heavy (non-hydrogen) atoms. The number of fused-ring (bicyclic) bond motifs is 5. The molecular formula is C49H30N4. The Bertz CT molecular complexity index is 3060. The van der Waals surface area contributed by atoms with Crippen molar-refractivity contribution in [3.05, 3.63) is 182 Å². The molecule has 11 aromatic rings. The van der Waals surface area contributed by atoms with E-state index in [-0.39, 0.29) is 0 Å². The summed E-state index contributed by atoms with van der Waals surface area (Å²) >= 11 is 0. The zero-order valence-corrected chi connectivity index (χ0v) is 28.6. The van der Waals surface area contributed by atoms with Crippen molar-refractivity contribution in [2.45, 2.75) is 0 Å². The maximum Gasteiger partial charge on any atom is 0.238 e. The predicted molar refractivity (Wildman–Crippen MR) is 220 cm³/mol. The van der Waals surface area contributed by atoms with Gasteiger partial charge in [-0.1, -0.05) is 158 Å². The summed E-state index contributed by atoms with van der Waals surface area (Å²) in [7, 11) is 0. The van der Waals surface area contributed by atoms with Crippen LogP contribution in [0.3, 0.4) is 0 Å². The van der Waals surface area contributed by atoms with Crippen LogP contribution in [0.4, 0.5) is 0 Å². The number of rotatable bonds is 5. The Kier molecular flexibility index (Phi) is 6.52. The van der Waals surface area contributed by atoms with Gasteiger partial charge in [0, 0.05) is 27.3 Å². The van der Waals surface area contributed by atoms with Gasteiger partial charge >= 0.3 is 0 Å². The van der Waals surface area contributed by atoms with E-state index in [0.29, 0.717) is 17.6 Å². The Morgan fingerprint density at radius 1 is 0.321 bits per heavy atom. The fraction of sp³-hybridized carbons (Fsp3) is 0. The molecule has 0 bridgehead atoms. The summed E-state index contributed by atoms with van der Waals surface area (Å²) in [6.45, 7) is 0. The van der Waals surface area contributed by atoms with E-state index in [4.69, 9.17) is 15.0 Å². The van der Waals surface area contributed by atoms with Crippen molar-refractivity contribution >= 4 is 54.1 Å². The maximum absolute atomic E-state index is 5.36. The Morgan fingerprint density at radius 2 is 0.811 bits per heavy atom. The van der Waals surface area contributed by atoms with Crippen molar-refractivity contribution in [1.82, 2.24) is 19.5 Å². The molecule has 0 saturated heterocycles. The summed E-state index contributed by atoms with van der Waals surface area (Å²) in [6, 6.07) is 64.3. The quantitative estimate of drug-likeness (QED) is 0.135. The highest BCUT2D eigenvalue weighted by Gasteiger charge is 2.24.